The Morgan fingerprint density at radius 2 is 1.54 bits per heavy atom. The molecule has 37 heavy (non-hydrogen) atoms. The molecule has 0 radical (unpaired) electrons. The zero-order chi connectivity index (χ0) is 26.7. The van der Waals surface area contributed by atoms with Gasteiger partial charge in [-0.3, -0.25) is 14.4 Å². The van der Waals surface area contributed by atoms with Crippen LogP contribution >= 0.6 is 11.8 Å². The second kappa shape index (κ2) is 11.0. The van der Waals surface area contributed by atoms with E-state index in [1.165, 1.54) is 6.92 Å². The van der Waals surface area contributed by atoms with E-state index in [0.717, 1.165) is 36.0 Å². The Hall–Kier alpha value is -3.86. The van der Waals surface area contributed by atoms with Crippen molar-refractivity contribution in [3.63, 3.8) is 0 Å². The summed E-state index contributed by atoms with van der Waals surface area (Å²) in [5.74, 6) is -5.40. The monoisotopic (exact) mass is 531 g/mol. The zero-order valence-corrected chi connectivity index (χ0v) is 20.2. The Morgan fingerprint density at radius 3 is 2.19 bits per heavy atom. The van der Waals surface area contributed by atoms with E-state index in [4.69, 9.17) is 0 Å². The van der Waals surface area contributed by atoms with Crippen molar-refractivity contribution in [1.82, 2.24) is 10.6 Å². The Balaban J connectivity index is 1.53. The van der Waals surface area contributed by atoms with Crippen LogP contribution in [0.15, 0.2) is 65.6 Å². The third kappa shape index (κ3) is 6.48. The molecule has 0 saturated heterocycles. The van der Waals surface area contributed by atoms with Crippen LogP contribution in [0.3, 0.4) is 0 Å². The molecule has 3 aromatic rings. The standard InChI is InChI=1S/C26H21F4N3O3S/c1-13(31-22(34)8-14-6-16(27)11-17(28)7-14)25(35)33-23-24(15-9-18(29)12-19(30)10-15)37-21-5-3-2-4-20(21)32-26(23)36/h2-7,9-13,23-24H,8H2,1H3,(H,31,34)(H,32,36)(H,33,35)/t13-,23-,24+/m0/s1. The summed E-state index contributed by atoms with van der Waals surface area (Å²) in [5, 5.41) is 6.79. The maximum Gasteiger partial charge on any atom is 0.248 e. The van der Waals surface area contributed by atoms with Crippen molar-refractivity contribution < 1.29 is 31.9 Å². The first-order valence-corrected chi connectivity index (χ1v) is 12.0. The van der Waals surface area contributed by atoms with Gasteiger partial charge in [-0.2, -0.15) is 0 Å². The van der Waals surface area contributed by atoms with Crippen LogP contribution in [-0.4, -0.2) is 29.8 Å². The van der Waals surface area contributed by atoms with Gasteiger partial charge in [0.15, 0.2) is 0 Å². The highest BCUT2D eigenvalue weighted by molar-refractivity contribution is 7.99. The van der Waals surface area contributed by atoms with Crippen LogP contribution in [-0.2, 0) is 20.8 Å². The quantitative estimate of drug-likeness (QED) is 0.415. The fraction of sp³-hybridized carbons (Fsp3) is 0.192. The molecule has 0 unspecified atom stereocenters. The first kappa shape index (κ1) is 26.2. The molecule has 0 aliphatic carbocycles. The van der Waals surface area contributed by atoms with Crippen LogP contribution in [0.25, 0.3) is 0 Å². The van der Waals surface area contributed by atoms with Crippen LogP contribution in [0.5, 0.6) is 0 Å². The second-order valence-corrected chi connectivity index (χ2v) is 9.64. The molecule has 192 valence electrons. The summed E-state index contributed by atoms with van der Waals surface area (Å²) in [5.41, 5.74) is 0.692. The lowest BCUT2D eigenvalue weighted by molar-refractivity contribution is -0.130. The number of fused-ring (bicyclic) bond motifs is 1. The maximum atomic E-state index is 14.0. The molecule has 3 atom stereocenters. The first-order valence-electron chi connectivity index (χ1n) is 11.2. The molecule has 4 rings (SSSR count). The molecule has 0 fully saturated rings. The third-order valence-corrected chi connectivity index (χ3v) is 6.96. The zero-order valence-electron chi connectivity index (χ0n) is 19.4. The predicted octanol–water partition coefficient (Wildman–Crippen LogP) is 4.26. The van der Waals surface area contributed by atoms with E-state index < -0.39 is 58.3 Å². The fourth-order valence-corrected chi connectivity index (χ4v) is 5.18. The minimum Gasteiger partial charge on any atom is -0.344 e. The second-order valence-electron chi connectivity index (χ2n) is 8.46. The summed E-state index contributed by atoms with van der Waals surface area (Å²) < 4.78 is 54.9. The lowest BCUT2D eigenvalue weighted by atomic mass is 10.0. The van der Waals surface area contributed by atoms with E-state index in [-0.39, 0.29) is 17.5 Å². The number of rotatable bonds is 6. The van der Waals surface area contributed by atoms with E-state index in [0.29, 0.717) is 22.7 Å². The van der Waals surface area contributed by atoms with Gasteiger partial charge in [0.2, 0.25) is 17.7 Å². The van der Waals surface area contributed by atoms with Crippen LogP contribution in [0.4, 0.5) is 23.2 Å². The Morgan fingerprint density at radius 1 is 0.946 bits per heavy atom. The highest BCUT2D eigenvalue weighted by Crippen LogP contribution is 2.44. The topological polar surface area (TPSA) is 87.3 Å². The Kier molecular flexibility index (Phi) is 7.82. The van der Waals surface area contributed by atoms with Gasteiger partial charge in [0.1, 0.15) is 35.4 Å². The minimum absolute atomic E-state index is 0.0770. The molecule has 3 amide bonds. The highest BCUT2D eigenvalue weighted by atomic mass is 32.2. The van der Waals surface area contributed by atoms with E-state index in [1.807, 2.05) is 0 Å². The molecule has 3 N–H and O–H groups in total. The van der Waals surface area contributed by atoms with Gasteiger partial charge in [-0.05, 0) is 54.4 Å². The van der Waals surface area contributed by atoms with Gasteiger partial charge in [0.05, 0.1) is 17.4 Å². The van der Waals surface area contributed by atoms with E-state index in [2.05, 4.69) is 16.0 Å². The molecule has 1 aliphatic rings. The summed E-state index contributed by atoms with van der Waals surface area (Å²) in [6.07, 6.45) is -0.382. The Labute approximate surface area is 213 Å². The Bertz CT molecular complexity index is 1330. The minimum atomic E-state index is -1.26. The SMILES string of the molecule is C[C@H](NC(=O)Cc1cc(F)cc(F)c1)C(=O)N[C@@H]1C(=O)Nc2ccccc2S[C@@H]1c1cc(F)cc(F)c1. The lowest BCUT2D eigenvalue weighted by Gasteiger charge is -2.26. The van der Waals surface area contributed by atoms with Crippen molar-refractivity contribution in [2.75, 3.05) is 5.32 Å². The van der Waals surface area contributed by atoms with Crippen molar-refractivity contribution in [3.8, 4) is 0 Å². The van der Waals surface area contributed by atoms with Gasteiger partial charge in [0, 0.05) is 17.0 Å². The van der Waals surface area contributed by atoms with Crippen LogP contribution in [0, 0.1) is 23.3 Å². The van der Waals surface area contributed by atoms with E-state index in [9.17, 15) is 31.9 Å². The highest BCUT2D eigenvalue weighted by Gasteiger charge is 2.37. The van der Waals surface area contributed by atoms with Gasteiger partial charge >= 0.3 is 0 Å². The number of nitrogens with one attached hydrogen (secondary N) is 3. The molecule has 1 heterocycles. The summed E-state index contributed by atoms with van der Waals surface area (Å²) >= 11 is 1.14. The summed E-state index contributed by atoms with van der Waals surface area (Å²) in [4.78, 5) is 39.1. The molecular weight excluding hydrogens is 510 g/mol. The van der Waals surface area contributed by atoms with Crippen LogP contribution < -0.4 is 16.0 Å². The van der Waals surface area contributed by atoms with Crippen molar-refractivity contribution in [1.29, 1.82) is 0 Å². The maximum absolute atomic E-state index is 14.0. The van der Waals surface area contributed by atoms with Crippen molar-refractivity contribution in [3.05, 3.63) is 95.1 Å². The van der Waals surface area contributed by atoms with Gasteiger partial charge in [-0.15, -0.1) is 11.8 Å². The van der Waals surface area contributed by atoms with E-state index >= 15 is 0 Å². The number of para-hydroxylation sites is 1. The lowest BCUT2D eigenvalue weighted by Crippen LogP contribution is -2.53. The van der Waals surface area contributed by atoms with Gasteiger partial charge in [0.25, 0.3) is 0 Å². The molecule has 11 heteroatoms. The molecule has 0 saturated carbocycles. The average Bonchev–Trinajstić information content (AvgIpc) is 2.93. The molecule has 1 aliphatic heterocycles. The molecular formula is C26H21F4N3O3S. The molecule has 0 spiro atoms. The number of carbonyl (C=O) groups excluding carboxylic acids is 3. The summed E-state index contributed by atoms with van der Waals surface area (Å²) in [6, 6.07) is 9.98. The van der Waals surface area contributed by atoms with Crippen molar-refractivity contribution in [2.45, 2.75) is 35.6 Å². The van der Waals surface area contributed by atoms with Crippen LogP contribution in [0.1, 0.15) is 23.3 Å². The number of hydrogen-bond acceptors (Lipinski definition) is 4. The number of halogens is 4. The summed E-state index contributed by atoms with van der Waals surface area (Å²) in [7, 11) is 0. The van der Waals surface area contributed by atoms with Gasteiger partial charge < -0.3 is 16.0 Å². The first-order chi connectivity index (χ1) is 17.6. The van der Waals surface area contributed by atoms with Crippen LogP contribution in [0.2, 0.25) is 0 Å². The third-order valence-electron chi connectivity index (χ3n) is 5.55. The molecule has 3 aromatic carbocycles. The normalized spacial score (nSPS) is 17.7. The number of hydrogen-bond donors (Lipinski definition) is 3. The van der Waals surface area contributed by atoms with Crippen molar-refractivity contribution >= 4 is 35.2 Å². The average molecular weight is 532 g/mol. The number of carbonyl (C=O) groups is 3. The summed E-state index contributed by atoms with van der Waals surface area (Å²) in [6.45, 7) is 1.37. The predicted molar refractivity (Wildman–Crippen MR) is 130 cm³/mol. The largest absolute Gasteiger partial charge is 0.344 e. The molecule has 6 nitrogen and oxygen atoms in total. The van der Waals surface area contributed by atoms with Gasteiger partial charge in [-0.25, -0.2) is 17.6 Å². The molecule has 0 bridgehead atoms. The van der Waals surface area contributed by atoms with E-state index in [1.54, 1.807) is 24.3 Å². The smallest absolute Gasteiger partial charge is 0.248 e. The number of benzene rings is 3. The van der Waals surface area contributed by atoms with Gasteiger partial charge in [-0.1, -0.05) is 12.1 Å². The number of amides is 3. The molecule has 0 aromatic heterocycles. The fourth-order valence-electron chi connectivity index (χ4n) is 3.90. The van der Waals surface area contributed by atoms with Crippen molar-refractivity contribution in [2.24, 2.45) is 0 Å². The number of thioether (sulfide) groups is 1. The number of anilines is 1.